The molecule has 0 fully saturated rings. The van der Waals surface area contributed by atoms with E-state index in [0.29, 0.717) is 13.0 Å². The number of hydrogen-bond donors (Lipinski definition) is 1. The Kier molecular flexibility index (Phi) is 7.23. The highest BCUT2D eigenvalue weighted by Crippen LogP contribution is 2.17. The number of anilines is 1. The molecule has 118 valence electrons. The first-order valence-electron chi connectivity index (χ1n) is 7.72. The van der Waals surface area contributed by atoms with Gasteiger partial charge >= 0.3 is 5.97 Å². The molecule has 0 heterocycles. The van der Waals surface area contributed by atoms with Crippen molar-refractivity contribution < 1.29 is 9.53 Å². The lowest BCUT2D eigenvalue weighted by Gasteiger charge is -2.31. The van der Waals surface area contributed by atoms with Crippen molar-refractivity contribution in [3.05, 3.63) is 30.3 Å². The molecule has 0 radical (unpaired) electrons. The second kappa shape index (κ2) is 8.67. The molecule has 1 atom stereocenters. The van der Waals surface area contributed by atoms with Crippen LogP contribution in [0.5, 0.6) is 0 Å². The SMILES string of the molecule is CCCNC(C)(CCN(C)c1ccccc1)C(=O)OCC. The first kappa shape index (κ1) is 17.5. The van der Waals surface area contributed by atoms with E-state index in [2.05, 4.69) is 29.3 Å². The standard InChI is InChI=1S/C17H28N2O2/c1-5-13-18-17(3,16(20)21-6-2)12-14-19(4)15-10-8-7-9-11-15/h7-11,18H,5-6,12-14H2,1-4H3. The first-order chi connectivity index (χ1) is 10.0. The summed E-state index contributed by atoms with van der Waals surface area (Å²) in [5, 5.41) is 3.34. The topological polar surface area (TPSA) is 41.6 Å². The van der Waals surface area contributed by atoms with Gasteiger partial charge in [-0.2, -0.15) is 0 Å². The zero-order chi connectivity index (χ0) is 15.7. The summed E-state index contributed by atoms with van der Waals surface area (Å²) in [4.78, 5) is 14.4. The largest absolute Gasteiger partial charge is 0.465 e. The average Bonchev–Trinajstić information content (AvgIpc) is 2.51. The third kappa shape index (κ3) is 5.38. The molecule has 1 N–H and O–H groups in total. The van der Waals surface area contributed by atoms with Gasteiger partial charge < -0.3 is 15.0 Å². The fraction of sp³-hybridized carbons (Fsp3) is 0.588. The van der Waals surface area contributed by atoms with Gasteiger partial charge in [-0.25, -0.2) is 0 Å². The molecule has 4 heteroatoms. The second-order valence-corrected chi connectivity index (χ2v) is 5.49. The lowest BCUT2D eigenvalue weighted by atomic mass is 9.97. The highest BCUT2D eigenvalue weighted by Gasteiger charge is 2.33. The van der Waals surface area contributed by atoms with E-state index >= 15 is 0 Å². The van der Waals surface area contributed by atoms with Crippen molar-refractivity contribution in [3.63, 3.8) is 0 Å². The summed E-state index contributed by atoms with van der Waals surface area (Å²) < 4.78 is 5.22. The van der Waals surface area contributed by atoms with Gasteiger partial charge in [-0.05, 0) is 45.4 Å². The minimum Gasteiger partial charge on any atom is -0.465 e. The van der Waals surface area contributed by atoms with Crippen molar-refractivity contribution in [2.24, 2.45) is 0 Å². The summed E-state index contributed by atoms with van der Waals surface area (Å²) in [5.74, 6) is -0.167. The molecule has 0 aliphatic carbocycles. The summed E-state index contributed by atoms with van der Waals surface area (Å²) in [6.45, 7) is 7.87. The Morgan fingerprint density at radius 3 is 2.52 bits per heavy atom. The van der Waals surface area contributed by atoms with Crippen LogP contribution in [0.3, 0.4) is 0 Å². The highest BCUT2D eigenvalue weighted by molar-refractivity contribution is 5.80. The number of carbonyl (C=O) groups excluding carboxylic acids is 1. The maximum Gasteiger partial charge on any atom is 0.326 e. The van der Waals surface area contributed by atoms with E-state index in [1.807, 2.05) is 39.1 Å². The summed E-state index contributed by atoms with van der Waals surface area (Å²) in [7, 11) is 2.04. The van der Waals surface area contributed by atoms with Gasteiger partial charge in [0.05, 0.1) is 6.61 Å². The van der Waals surface area contributed by atoms with Crippen LogP contribution in [0.2, 0.25) is 0 Å². The number of ether oxygens (including phenoxy) is 1. The Morgan fingerprint density at radius 1 is 1.29 bits per heavy atom. The van der Waals surface area contributed by atoms with Crippen LogP contribution < -0.4 is 10.2 Å². The lowest BCUT2D eigenvalue weighted by molar-refractivity contribution is -0.150. The minimum atomic E-state index is -0.630. The van der Waals surface area contributed by atoms with Crippen molar-refractivity contribution in [1.29, 1.82) is 0 Å². The van der Waals surface area contributed by atoms with Crippen molar-refractivity contribution >= 4 is 11.7 Å². The minimum absolute atomic E-state index is 0.167. The van der Waals surface area contributed by atoms with E-state index < -0.39 is 5.54 Å². The van der Waals surface area contributed by atoms with Crippen LogP contribution in [0.25, 0.3) is 0 Å². The summed E-state index contributed by atoms with van der Waals surface area (Å²) in [5.41, 5.74) is 0.522. The second-order valence-electron chi connectivity index (χ2n) is 5.49. The van der Waals surface area contributed by atoms with Crippen LogP contribution >= 0.6 is 0 Å². The molecule has 1 aromatic carbocycles. The van der Waals surface area contributed by atoms with Gasteiger partial charge in [0.1, 0.15) is 5.54 Å². The van der Waals surface area contributed by atoms with Crippen LogP contribution in [-0.2, 0) is 9.53 Å². The fourth-order valence-corrected chi connectivity index (χ4v) is 2.16. The maximum absolute atomic E-state index is 12.2. The number of hydrogen-bond acceptors (Lipinski definition) is 4. The van der Waals surface area contributed by atoms with Gasteiger partial charge in [-0.3, -0.25) is 4.79 Å². The summed E-state index contributed by atoms with van der Waals surface area (Å²) >= 11 is 0. The number of esters is 1. The van der Waals surface area contributed by atoms with Crippen LogP contribution in [0.4, 0.5) is 5.69 Å². The Balaban J connectivity index is 2.66. The smallest absolute Gasteiger partial charge is 0.326 e. The van der Waals surface area contributed by atoms with Gasteiger partial charge in [0.15, 0.2) is 0 Å². The third-order valence-corrected chi connectivity index (χ3v) is 3.64. The van der Waals surface area contributed by atoms with Crippen molar-refractivity contribution in [2.75, 3.05) is 31.6 Å². The van der Waals surface area contributed by atoms with E-state index in [4.69, 9.17) is 4.74 Å². The molecule has 1 aromatic rings. The highest BCUT2D eigenvalue weighted by atomic mass is 16.5. The number of para-hydroxylation sites is 1. The van der Waals surface area contributed by atoms with E-state index in [1.165, 1.54) is 0 Å². The molecule has 21 heavy (non-hydrogen) atoms. The number of nitrogens with one attached hydrogen (secondary N) is 1. The predicted molar refractivity (Wildman–Crippen MR) is 87.7 cm³/mol. The van der Waals surface area contributed by atoms with Crippen LogP contribution in [-0.4, -0.2) is 38.3 Å². The molecule has 0 spiro atoms. The summed E-state index contributed by atoms with van der Waals surface area (Å²) in [6.07, 6.45) is 1.70. The van der Waals surface area contributed by atoms with E-state index in [-0.39, 0.29) is 5.97 Å². The monoisotopic (exact) mass is 292 g/mol. The molecule has 0 aliphatic rings. The van der Waals surface area contributed by atoms with Gasteiger partial charge in [0.25, 0.3) is 0 Å². The van der Waals surface area contributed by atoms with Crippen LogP contribution in [0.15, 0.2) is 30.3 Å². The van der Waals surface area contributed by atoms with Gasteiger partial charge in [-0.15, -0.1) is 0 Å². The zero-order valence-electron chi connectivity index (χ0n) is 13.7. The molecular formula is C17H28N2O2. The Hall–Kier alpha value is -1.55. The van der Waals surface area contributed by atoms with Gasteiger partial charge in [-0.1, -0.05) is 25.1 Å². The molecule has 0 amide bonds. The number of carbonyl (C=O) groups is 1. The Morgan fingerprint density at radius 2 is 1.95 bits per heavy atom. The van der Waals surface area contributed by atoms with Crippen LogP contribution in [0, 0.1) is 0 Å². The molecule has 0 aliphatic heterocycles. The molecular weight excluding hydrogens is 264 g/mol. The Bertz CT molecular complexity index is 422. The number of rotatable bonds is 9. The molecule has 0 bridgehead atoms. The number of nitrogens with zero attached hydrogens (tertiary/aromatic N) is 1. The van der Waals surface area contributed by atoms with Gasteiger partial charge in [0, 0.05) is 19.3 Å². The van der Waals surface area contributed by atoms with E-state index in [9.17, 15) is 4.79 Å². The first-order valence-corrected chi connectivity index (χ1v) is 7.72. The molecule has 0 saturated carbocycles. The molecule has 4 nitrogen and oxygen atoms in total. The predicted octanol–water partition coefficient (Wildman–Crippen LogP) is 2.83. The molecule has 0 saturated heterocycles. The fourth-order valence-electron chi connectivity index (χ4n) is 2.16. The quantitative estimate of drug-likeness (QED) is 0.711. The Labute approximate surface area is 128 Å². The number of benzene rings is 1. The third-order valence-electron chi connectivity index (χ3n) is 3.64. The van der Waals surface area contributed by atoms with Gasteiger partial charge in [0.2, 0.25) is 0 Å². The van der Waals surface area contributed by atoms with E-state index in [0.717, 1.165) is 25.2 Å². The van der Waals surface area contributed by atoms with Crippen LogP contribution in [0.1, 0.15) is 33.6 Å². The van der Waals surface area contributed by atoms with E-state index in [1.54, 1.807) is 0 Å². The molecule has 1 unspecified atom stereocenters. The van der Waals surface area contributed by atoms with Crippen molar-refractivity contribution in [2.45, 2.75) is 39.2 Å². The summed E-state index contributed by atoms with van der Waals surface area (Å²) in [6, 6.07) is 10.2. The normalized spacial score (nSPS) is 13.5. The average molecular weight is 292 g/mol. The molecule has 1 rings (SSSR count). The lowest BCUT2D eigenvalue weighted by Crippen LogP contribution is -2.52. The maximum atomic E-state index is 12.2. The zero-order valence-corrected chi connectivity index (χ0v) is 13.7. The molecule has 0 aromatic heterocycles. The van der Waals surface area contributed by atoms with Crippen molar-refractivity contribution in [3.8, 4) is 0 Å². The van der Waals surface area contributed by atoms with Crippen molar-refractivity contribution in [1.82, 2.24) is 5.32 Å².